The van der Waals surface area contributed by atoms with Crippen LogP contribution in [0.2, 0.25) is 0 Å². The van der Waals surface area contributed by atoms with Crippen LogP contribution in [-0.4, -0.2) is 50.6 Å². The van der Waals surface area contributed by atoms with Gasteiger partial charge in [-0.2, -0.15) is 0 Å². The van der Waals surface area contributed by atoms with E-state index >= 15 is 0 Å². The molecule has 7 nitrogen and oxygen atoms in total. The van der Waals surface area contributed by atoms with Gasteiger partial charge in [-0.3, -0.25) is 4.79 Å². The standard InChI is InChI=1S/C18H23NO6S/c1-3-24-15-7-4-14(5-8-15)6-9-17(21)25-12-16(20)19-18(2)10-11-26(22,23)13-18/h4-9H,3,10-13H2,1-2H3,(H,19,20)/b9-6+/t18-/m0/s1. The van der Waals surface area contributed by atoms with Crippen molar-refractivity contribution in [2.45, 2.75) is 25.8 Å². The summed E-state index contributed by atoms with van der Waals surface area (Å²) in [4.78, 5) is 23.6. The normalized spacial score (nSPS) is 21.5. The van der Waals surface area contributed by atoms with E-state index in [0.29, 0.717) is 13.0 Å². The smallest absolute Gasteiger partial charge is 0.331 e. The van der Waals surface area contributed by atoms with E-state index in [1.807, 2.05) is 6.92 Å². The van der Waals surface area contributed by atoms with Crippen molar-refractivity contribution in [3.8, 4) is 5.75 Å². The molecule has 1 fully saturated rings. The third-order valence-corrected chi connectivity index (χ3v) is 5.80. The van der Waals surface area contributed by atoms with E-state index in [0.717, 1.165) is 11.3 Å². The zero-order valence-corrected chi connectivity index (χ0v) is 15.7. The highest BCUT2D eigenvalue weighted by atomic mass is 32.2. The number of rotatable bonds is 7. The highest BCUT2D eigenvalue weighted by Gasteiger charge is 2.39. The average Bonchev–Trinajstić information content (AvgIpc) is 2.85. The second kappa shape index (κ2) is 8.35. The van der Waals surface area contributed by atoms with Gasteiger partial charge in [-0.25, -0.2) is 13.2 Å². The molecule has 1 N–H and O–H groups in total. The fourth-order valence-corrected chi connectivity index (χ4v) is 4.77. The van der Waals surface area contributed by atoms with Crippen LogP contribution in [0, 0.1) is 0 Å². The average molecular weight is 381 g/mol. The maximum Gasteiger partial charge on any atom is 0.331 e. The molecule has 1 saturated heterocycles. The number of hydrogen-bond donors (Lipinski definition) is 1. The molecule has 0 unspecified atom stereocenters. The number of esters is 1. The molecule has 0 spiro atoms. The molecule has 1 aromatic carbocycles. The Labute approximate surface area is 153 Å². The minimum Gasteiger partial charge on any atom is -0.494 e. The number of carbonyl (C=O) groups is 2. The number of nitrogens with one attached hydrogen (secondary N) is 1. The van der Waals surface area contributed by atoms with Crippen molar-refractivity contribution in [1.29, 1.82) is 0 Å². The van der Waals surface area contributed by atoms with Crippen LogP contribution in [0.4, 0.5) is 0 Å². The Morgan fingerprint density at radius 1 is 1.27 bits per heavy atom. The molecule has 0 saturated carbocycles. The molecule has 1 aromatic rings. The highest BCUT2D eigenvalue weighted by Crippen LogP contribution is 2.22. The first-order valence-corrected chi connectivity index (χ1v) is 10.1. The number of sulfone groups is 1. The summed E-state index contributed by atoms with van der Waals surface area (Å²) in [6.07, 6.45) is 3.15. The molecule has 2 rings (SSSR count). The summed E-state index contributed by atoms with van der Waals surface area (Å²) >= 11 is 0. The van der Waals surface area contributed by atoms with E-state index in [2.05, 4.69) is 5.32 Å². The van der Waals surface area contributed by atoms with Gasteiger partial charge in [0.15, 0.2) is 16.4 Å². The number of benzene rings is 1. The first kappa shape index (κ1) is 20.0. The van der Waals surface area contributed by atoms with E-state index < -0.39 is 33.9 Å². The van der Waals surface area contributed by atoms with Crippen molar-refractivity contribution in [2.75, 3.05) is 24.7 Å². The molecular formula is C18H23NO6S. The van der Waals surface area contributed by atoms with E-state index in [9.17, 15) is 18.0 Å². The van der Waals surface area contributed by atoms with Crippen LogP contribution in [0.15, 0.2) is 30.3 Å². The summed E-state index contributed by atoms with van der Waals surface area (Å²) in [6, 6.07) is 7.17. The van der Waals surface area contributed by atoms with Gasteiger partial charge < -0.3 is 14.8 Å². The molecule has 1 atom stereocenters. The number of ether oxygens (including phenoxy) is 2. The zero-order chi connectivity index (χ0) is 19.2. The summed E-state index contributed by atoms with van der Waals surface area (Å²) < 4.78 is 33.2. The number of amides is 1. The number of hydrogen-bond acceptors (Lipinski definition) is 6. The molecule has 1 heterocycles. The van der Waals surface area contributed by atoms with Crippen LogP contribution >= 0.6 is 0 Å². The van der Waals surface area contributed by atoms with Crippen LogP contribution in [0.3, 0.4) is 0 Å². The van der Waals surface area contributed by atoms with Crippen LogP contribution in [0.5, 0.6) is 5.75 Å². The van der Waals surface area contributed by atoms with Crippen molar-refractivity contribution in [1.82, 2.24) is 5.32 Å². The van der Waals surface area contributed by atoms with Crippen molar-refractivity contribution in [3.05, 3.63) is 35.9 Å². The van der Waals surface area contributed by atoms with Crippen LogP contribution < -0.4 is 10.1 Å². The summed E-state index contributed by atoms with van der Waals surface area (Å²) in [5, 5.41) is 2.62. The Balaban J connectivity index is 1.78. The lowest BCUT2D eigenvalue weighted by Crippen LogP contribution is -2.48. The SMILES string of the molecule is CCOc1ccc(/C=C/C(=O)OCC(=O)N[C@@]2(C)CCS(=O)(=O)C2)cc1. The fourth-order valence-electron chi connectivity index (χ4n) is 2.67. The van der Waals surface area contributed by atoms with E-state index in [4.69, 9.17) is 9.47 Å². The van der Waals surface area contributed by atoms with Crippen LogP contribution in [0.25, 0.3) is 6.08 Å². The Kier molecular flexibility index (Phi) is 6.42. The van der Waals surface area contributed by atoms with E-state index in [1.54, 1.807) is 37.3 Å². The predicted octanol–water partition coefficient (Wildman–Crippen LogP) is 1.34. The van der Waals surface area contributed by atoms with Crippen LogP contribution in [0.1, 0.15) is 25.8 Å². The minimum atomic E-state index is -3.12. The second-order valence-electron chi connectivity index (χ2n) is 6.39. The van der Waals surface area contributed by atoms with Gasteiger partial charge in [-0.1, -0.05) is 12.1 Å². The molecule has 0 aromatic heterocycles. The third-order valence-electron chi connectivity index (χ3n) is 3.89. The van der Waals surface area contributed by atoms with Gasteiger partial charge in [0.25, 0.3) is 5.91 Å². The lowest BCUT2D eigenvalue weighted by Gasteiger charge is -2.23. The quantitative estimate of drug-likeness (QED) is 0.565. The van der Waals surface area contributed by atoms with E-state index in [1.165, 1.54) is 6.08 Å². The summed E-state index contributed by atoms with van der Waals surface area (Å²) in [6.45, 7) is 3.69. The second-order valence-corrected chi connectivity index (χ2v) is 8.58. The molecule has 8 heteroatoms. The van der Waals surface area contributed by atoms with E-state index in [-0.39, 0.29) is 11.5 Å². The van der Waals surface area contributed by atoms with Gasteiger partial charge in [0, 0.05) is 6.08 Å². The molecule has 1 aliphatic heterocycles. The maximum atomic E-state index is 11.9. The van der Waals surface area contributed by atoms with Gasteiger partial charge in [-0.05, 0) is 44.0 Å². The monoisotopic (exact) mass is 381 g/mol. The Hall–Kier alpha value is -2.35. The predicted molar refractivity (Wildman–Crippen MR) is 97.4 cm³/mol. The molecule has 1 amide bonds. The topological polar surface area (TPSA) is 98.8 Å². The fraction of sp³-hybridized carbons (Fsp3) is 0.444. The minimum absolute atomic E-state index is 0.0500. The summed E-state index contributed by atoms with van der Waals surface area (Å²) in [5.41, 5.74) is -0.0148. The largest absolute Gasteiger partial charge is 0.494 e. The number of carbonyl (C=O) groups excluding carboxylic acids is 2. The first-order valence-electron chi connectivity index (χ1n) is 8.30. The van der Waals surface area contributed by atoms with Gasteiger partial charge in [0.05, 0.1) is 23.7 Å². The van der Waals surface area contributed by atoms with Crippen molar-refractivity contribution in [3.63, 3.8) is 0 Å². The van der Waals surface area contributed by atoms with Gasteiger partial charge >= 0.3 is 5.97 Å². The highest BCUT2D eigenvalue weighted by molar-refractivity contribution is 7.91. The summed E-state index contributed by atoms with van der Waals surface area (Å²) in [7, 11) is -3.12. The first-order chi connectivity index (χ1) is 12.2. The lowest BCUT2D eigenvalue weighted by atomic mass is 10.0. The molecule has 0 bridgehead atoms. The van der Waals surface area contributed by atoms with Crippen molar-refractivity contribution < 1.29 is 27.5 Å². The molecule has 0 radical (unpaired) electrons. The molecule has 0 aliphatic carbocycles. The molecule has 26 heavy (non-hydrogen) atoms. The van der Waals surface area contributed by atoms with Gasteiger partial charge in [0.2, 0.25) is 0 Å². The Morgan fingerprint density at radius 3 is 2.54 bits per heavy atom. The Bertz CT molecular complexity index is 784. The lowest BCUT2D eigenvalue weighted by molar-refractivity contribution is -0.144. The molecule has 1 aliphatic rings. The Morgan fingerprint density at radius 2 is 1.96 bits per heavy atom. The van der Waals surface area contributed by atoms with Gasteiger partial charge in [-0.15, -0.1) is 0 Å². The molecule has 142 valence electrons. The maximum absolute atomic E-state index is 11.9. The van der Waals surface area contributed by atoms with Crippen LogP contribution in [-0.2, 0) is 24.2 Å². The third kappa shape index (κ3) is 6.18. The molecular weight excluding hydrogens is 358 g/mol. The van der Waals surface area contributed by atoms with Crippen molar-refractivity contribution in [2.24, 2.45) is 0 Å². The zero-order valence-electron chi connectivity index (χ0n) is 14.9. The van der Waals surface area contributed by atoms with Gasteiger partial charge in [0.1, 0.15) is 5.75 Å². The van der Waals surface area contributed by atoms with Crippen molar-refractivity contribution >= 4 is 27.8 Å². The summed E-state index contributed by atoms with van der Waals surface area (Å²) in [5.74, 6) is -0.483.